The van der Waals surface area contributed by atoms with Crippen molar-refractivity contribution in [1.29, 1.82) is 5.26 Å². The van der Waals surface area contributed by atoms with Crippen molar-refractivity contribution in [1.82, 2.24) is 14.8 Å². The highest BCUT2D eigenvalue weighted by atomic mass is 19.4. The Morgan fingerprint density at radius 1 is 1.07 bits per heavy atom. The van der Waals surface area contributed by atoms with Gasteiger partial charge >= 0.3 is 6.18 Å². The molecule has 0 fully saturated rings. The Morgan fingerprint density at radius 2 is 1.75 bits per heavy atom. The summed E-state index contributed by atoms with van der Waals surface area (Å²) in [5.74, 6) is -1.42. The van der Waals surface area contributed by atoms with Gasteiger partial charge in [-0.05, 0) is 23.3 Å². The first-order chi connectivity index (χ1) is 13.4. The first-order valence-electron chi connectivity index (χ1n) is 8.18. The molecule has 1 atom stereocenters. The average molecular weight is 383 g/mol. The van der Waals surface area contributed by atoms with Crippen molar-refractivity contribution in [3.05, 3.63) is 77.1 Å². The number of benzene rings is 2. The lowest BCUT2D eigenvalue weighted by Gasteiger charge is -2.27. The highest BCUT2D eigenvalue weighted by molar-refractivity contribution is 5.82. The van der Waals surface area contributed by atoms with Crippen LogP contribution in [-0.4, -0.2) is 19.9 Å². The minimum absolute atomic E-state index is 0.00162. The van der Waals surface area contributed by atoms with Gasteiger partial charge in [0.1, 0.15) is 11.8 Å². The fraction of sp³-hybridized carbons (Fsp3) is 0.105. The molecule has 2 heterocycles. The Hall–Kier alpha value is -3.80. The number of nitrogens with one attached hydrogen (secondary N) is 1. The molecule has 0 radical (unpaired) electrons. The summed E-state index contributed by atoms with van der Waals surface area (Å²) in [5.41, 5.74) is 1.66. The molecule has 140 valence electrons. The van der Waals surface area contributed by atoms with E-state index in [0.717, 1.165) is 4.68 Å². The Labute approximate surface area is 157 Å². The van der Waals surface area contributed by atoms with Gasteiger partial charge in [-0.1, -0.05) is 42.5 Å². The molecule has 3 aromatic rings. The molecule has 1 aliphatic rings. The molecule has 4 rings (SSSR count). The van der Waals surface area contributed by atoms with Gasteiger partial charge in [-0.3, -0.25) is 0 Å². The number of aromatic hydroxyl groups is 1. The van der Waals surface area contributed by atoms with Crippen LogP contribution in [0.1, 0.15) is 23.0 Å². The Kier molecular flexibility index (Phi) is 4.04. The number of nitrogens with zero attached hydrogens (tertiary/aromatic N) is 4. The molecular weight excluding hydrogens is 371 g/mol. The average Bonchev–Trinajstić information content (AvgIpc) is 3.12. The van der Waals surface area contributed by atoms with Crippen LogP contribution < -0.4 is 5.32 Å². The lowest BCUT2D eigenvalue weighted by Crippen LogP contribution is -2.24. The monoisotopic (exact) mass is 383 g/mol. The minimum atomic E-state index is -4.73. The molecule has 0 bridgehead atoms. The van der Waals surface area contributed by atoms with E-state index in [1.807, 2.05) is 0 Å². The van der Waals surface area contributed by atoms with E-state index in [9.17, 15) is 23.5 Å². The summed E-state index contributed by atoms with van der Waals surface area (Å²) in [7, 11) is 0. The van der Waals surface area contributed by atoms with E-state index in [-0.39, 0.29) is 17.3 Å². The number of aromatic nitrogens is 3. The maximum atomic E-state index is 13.2. The number of halogens is 3. The van der Waals surface area contributed by atoms with Gasteiger partial charge in [0.25, 0.3) is 5.82 Å². The molecule has 6 nitrogen and oxygen atoms in total. The summed E-state index contributed by atoms with van der Waals surface area (Å²) in [6.07, 6.45) is -4.73. The van der Waals surface area contributed by atoms with Crippen LogP contribution in [0.15, 0.2) is 60.2 Å². The molecule has 0 aliphatic carbocycles. The molecule has 2 aromatic carbocycles. The summed E-state index contributed by atoms with van der Waals surface area (Å²) in [5, 5.41) is 25.8. The normalized spacial score (nSPS) is 16.3. The fourth-order valence-electron chi connectivity index (χ4n) is 3.06. The van der Waals surface area contributed by atoms with Crippen molar-refractivity contribution in [2.45, 2.75) is 12.2 Å². The van der Waals surface area contributed by atoms with Gasteiger partial charge in [0.05, 0.1) is 17.3 Å². The van der Waals surface area contributed by atoms with Crippen molar-refractivity contribution in [3.63, 3.8) is 0 Å². The van der Waals surface area contributed by atoms with Crippen LogP contribution >= 0.6 is 0 Å². The Morgan fingerprint density at radius 3 is 2.36 bits per heavy atom. The number of fused-ring (bicyclic) bond motifs is 1. The summed E-state index contributed by atoms with van der Waals surface area (Å²) < 4.78 is 40.6. The molecule has 1 unspecified atom stereocenters. The van der Waals surface area contributed by atoms with Crippen LogP contribution in [0.25, 0.3) is 5.70 Å². The van der Waals surface area contributed by atoms with Gasteiger partial charge in [-0.25, -0.2) is 4.68 Å². The number of phenolic OH excluding ortho intramolecular Hbond substituents is 1. The third-order valence-corrected chi connectivity index (χ3v) is 4.30. The van der Waals surface area contributed by atoms with Crippen molar-refractivity contribution in [2.75, 3.05) is 5.32 Å². The number of anilines is 1. The molecular formula is C19H12F3N5O. The number of nitriles is 1. The Bertz CT molecular complexity index is 1100. The smallest absolute Gasteiger partial charge is 0.453 e. The summed E-state index contributed by atoms with van der Waals surface area (Å²) >= 11 is 0. The standard InChI is InChI=1S/C19H12F3N5O/c20-19(21,22)17-25-18-24-15(11-4-2-1-3-5-11)14(10-23)16(27(18)26-17)12-6-8-13(28)9-7-12/h1-9,16,28H,(H,24,25,26). The maximum Gasteiger partial charge on any atom is 0.453 e. The zero-order valence-corrected chi connectivity index (χ0v) is 14.1. The zero-order chi connectivity index (χ0) is 19.9. The Balaban J connectivity index is 1.95. The third-order valence-electron chi connectivity index (χ3n) is 4.30. The van der Waals surface area contributed by atoms with E-state index < -0.39 is 18.0 Å². The van der Waals surface area contributed by atoms with E-state index >= 15 is 0 Å². The first-order valence-corrected chi connectivity index (χ1v) is 8.18. The highest BCUT2D eigenvalue weighted by Crippen LogP contribution is 2.40. The van der Waals surface area contributed by atoms with E-state index in [2.05, 4.69) is 21.5 Å². The minimum Gasteiger partial charge on any atom is -0.508 e. The number of hydrogen-bond acceptors (Lipinski definition) is 5. The quantitative estimate of drug-likeness (QED) is 0.700. The number of hydrogen-bond donors (Lipinski definition) is 2. The summed E-state index contributed by atoms with van der Waals surface area (Å²) in [4.78, 5) is 3.58. The predicted molar refractivity (Wildman–Crippen MR) is 93.9 cm³/mol. The van der Waals surface area contributed by atoms with Crippen molar-refractivity contribution in [2.24, 2.45) is 0 Å². The summed E-state index contributed by atoms with van der Waals surface area (Å²) in [6, 6.07) is 15.8. The topological polar surface area (TPSA) is 86.8 Å². The van der Waals surface area contributed by atoms with Gasteiger partial charge in [0, 0.05) is 0 Å². The lowest BCUT2D eigenvalue weighted by atomic mass is 9.94. The van der Waals surface area contributed by atoms with Gasteiger partial charge in [-0.2, -0.15) is 23.4 Å². The fourth-order valence-corrected chi connectivity index (χ4v) is 3.06. The number of allylic oxidation sites excluding steroid dienone is 1. The van der Waals surface area contributed by atoms with Gasteiger partial charge in [-0.15, -0.1) is 5.10 Å². The van der Waals surface area contributed by atoms with E-state index in [4.69, 9.17) is 0 Å². The van der Waals surface area contributed by atoms with Crippen molar-refractivity contribution >= 4 is 11.6 Å². The van der Waals surface area contributed by atoms with Crippen LogP contribution in [-0.2, 0) is 6.18 Å². The second-order valence-corrected chi connectivity index (χ2v) is 6.09. The molecule has 1 aromatic heterocycles. The maximum absolute atomic E-state index is 13.2. The summed E-state index contributed by atoms with van der Waals surface area (Å²) in [6.45, 7) is 0. The van der Waals surface area contributed by atoms with Crippen LogP contribution in [0.5, 0.6) is 5.75 Å². The van der Waals surface area contributed by atoms with Crippen molar-refractivity contribution in [3.8, 4) is 11.8 Å². The van der Waals surface area contributed by atoms with Crippen LogP contribution in [0, 0.1) is 11.3 Å². The van der Waals surface area contributed by atoms with Crippen LogP contribution in [0.4, 0.5) is 19.1 Å². The second kappa shape index (κ2) is 6.42. The molecule has 28 heavy (non-hydrogen) atoms. The molecule has 2 N–H and O–H groups in total. The molecule has 0 saturated heterocycles. The molecule has 1 aliphatic heterocycles. The number of alkyl halides is 3. The molecule has 0 saturated carbocycles. The SMILES string of the molecule is N#CC1=C(c2ccccc2)Nc2nc(C(F)(F)F)nn2C1c1ccc(O)cc1. The number of rotatable bonds is 2. The van der Waals surface area contributed by atoms with E-state index in [1.54, 1.807) is 30.3 Å². The first kappa shape index (κ1) is 17.6. The van der Waals surface area contributed by atoms with Crippen LogP contribution in [0.2, 0.25) is 0 Å². The second-order valence-electron chi connectivity index (χ2n) is 6.09. The van der Waals surface area contributed by atoms with Crippen molar-refractivity contribution < 1.29 is 18.3 Å². The van der Waals surface area contributed by atoms with Crippen LogP contribution in [0.3, 0.4) is 0 Å². The zero-order valence-electron chi connectivity index (χ0n) is 14.1. The predicted octanol–water partition coefficient (Wildman–Crippen LogP) is 3.95. The highest BCUT2D eigenvalue weighted by Gasteiger charge is 2.40. The molecule has 0 spiro atoms. The third kappa shape index (κ3) is 2.95. The van der Waals surface area contributed by atoms with Gasteiger partial charge in [0.2, 0.25) is 5.95 Å². The lowest BCUT2D eigenvalue weighted by molar-refractivity contribution is -0.145. The molecule has 9 heteroatoms. The number of phenols is 1. The van der Waals surface area contributed by atoms with E-state index in [0.29, 0.717) is 16.8 Å². The van der Waals surface area contributed by atoms with Gasteiger partial charge in [0.15, 0.2) is 0 Å². The van der Waals surface area contributed by atoms with Gasteiger partial charge < -0.3 is 10.4 Å². The molecule has 0 amide bonds. The largest absolute Gasteiger partial charge is 0.508 e. The van der Waals surface area contributed by atoms with E-state index in [1.165, 1.54) is 24.3 Å².